The van der Waals surface area contributed by atoms with Crippen LogP contribution in [-0.4, -0.2) is 10.9 Å². The molecule has 4 heteroatoms. The van der Waals surface area contributed by atoms with E-state index >= 15 is 0 Å². The number of amides is 1. The fraction of sp³-hybridized carbons (Fsp3) is 0.143. The monoisotopic (exact) mass is 331 g/mol. The molecule has 4 nitrogen and oxygen atoms in total. The minimum absolute atomic E-state index is 0.139. The first-order valence-electron chi connectivity index (χ1n) is 8.27. The smallest absolute Gasteiger partial charge is 0.255 e. The second-order valence-electron chi connectivity index (χ2n) is 6.03. The first-order valence-corrected chi connectivity index (χ1v) is 8.27. The molecular weight excluding hydrogens is 310 g/mol. The lowest BCUT2D eigenvalue weighted by atomic mass is 10.1. The predicted octanol–water partition coefficient (Wildman–Crippen LogP) is 4.82. The van der Waals surface area contributed by atoms with Gasteiger partial charge in [0.2, 0.25) is 0 Å². The van der Waals surface area contributed by atoms with Crippen LogP contribution in [0.1, 0.15) is 34.5 Å². The van der Waals surface area contributed by atoms with Crippen molar-refractivity contribution in [3.63, 3.8) is 0 Å². The quantitative estimate of drug-likeness (QED) is 0.705. The molecule has 0 saturated heterocycles. The molecule has 1 unspecified atom stereocenters. The third-order valence-corrected chi connectivity index (χ3v) is 4.00. The topological polar surface area (TPSA) is 54.0 Å². The molecule has 2 N–H and O–H groups in total. The van der Waals surface area contributed by atoms with Crippen molar-refractivity contribution in [2.75, 3.05) is 10.6 Å². The van der Waals surface area contributed by atoms with E-state index in [2.05, 4.69) is 34.7 Å². The molecule has 0 aliphatic carbocycles. The van der Waals surface area contributed by atoms with E-state index in [9.17, 15) is 4.79 Å². The zero-order valence-electron chi connectivity index (χ0n) is 14.4. The molecule has 0 fully saturated rings. The fourth-order valence-electron chi connectivity index (χ4n) is 2.51. The van der Waals surface area contributed by atoms with Gasteiger partial charge in [-0.3, -0.25) is 4.79 Å². The van der Waals surface area contributed by atoms with Crippen LogP contribution in [-0.2, 0) is 0 Å². The Morgan fingerprint density at radius 2 is 1.68 bits per heavy atom. The van der Waals surface area contributed by atoms with Gasteiger partial charge >= 0.3 is 0 Å². The van der Waals surface area contributed by atoms with Crippen LogP contribution in [0, 0.1) is 6.92 Å². The first-order chi connectivity index (χ1) is 12.1. The van der Waals surface area contributed by atoms with Crippen molar-refractivity contribution in [1.82, 2.24) is 4.98 Å². The molecule has 0 radical (unpaired) electrons. The molecular formula is C21H21N3O. The summed E-state index contributed by atoms with van der Waals surface area (Å²) in [7, 11) is 0. The lowest BCUT2D eigenvalue weighted by Crippen LogP contribution is -2.12. The van der Waals surface area contributed by atoms with Crippen molar-refractivity contribution >= 4 is 17.4 Å². The highest BCUT2D eigenvalue weighted by molar-refractivity contribution is 6.04. The lowest BCUT2D eigenvalue weighted by molar-refractivity contribution is 0.102. The number of pyridine rings is 1. The van der Waals surface area contributed by atoms with Gasteiger partial charge in [0, 0.05) is 11.6 Å². The van der Waals surface area contributed by atoms with Crippen LogP contribution in [0.4, 0.5) is 11.5 Å². The molecule has 1 aromatic heterocycles. The highest BCUT2D eigenvalue weighted by Crippen LogP contribution is 2.18. The molecule has 1 amide bonds. The number of nitrogens with one attached hydrogen (secondary N) is 2. The van der Waals surface area contributed by atoms with Crippen molar-refractivity contribution in [3.05, 3.63) is 89.6 Å². The van der Waals surface area contributed by atoms with E-state index in [-0.39, 0.29) is 11.9 Å². The minimum atomic E-state index is -0.139. The number of aryl methyl sites for hydroxylation is 1. The molecule has 0 aliphatic rings. The van der Waals surface area contributed by atoms with Gasteiger partial charge in [-0.1, -0.05) is 48.0 Å². The zero-order chi connectivity index (χ0) is 17.6. The van der Waals surface area contributed by atoms with Crippen molar-refractivity contribution in [1.29, 1.82) is 0 Å². The van der Waals surface area contributed by atoms with Crippen molar-refractivity contribution in [3.8, 4) is 0 Å². The Morgan fingerprint density at radius 1 is 0.960 bits per heavy atom. The van der Waals surface area contributed by atoms with Gasteiger partial charge in [-0.25, -0.2) is 4.98 Å². The Kier molecular flexibility index (Phi) is 5.09. The Morgan fingerprint density at radius 3 is 2.32 bits per heavy atom. The normalized spacial score (nSPS) is 11.6. The number of rotatable bonds is 5. The number of anilines is 2. The number of benzene rings is 2. The van der Waals surface area contributed by atoms with Crippen molar-refractivity contribution in [2.45, 2.75) is 19.9 Å². The summed E-state index contributed by atoms with van der Waals surface area (Å²) >= 11 is 0. The van der Waals surface area contributed by atoms with E-state index in [0.29, 0.717) is 11.3 Å². The van der Waals surface area contributed by atoms with Gasteiger partial charge in [0.1, 0.15) is 5.82 Å². The van der Waals surface area contributed by atoms with Crippen LogP contribution in [0.5, 0.6) is 0 Å². The van der Waals surface area contributed by atoms with Crippen LogP contribution in [0.2, 0.25) is 0 Å². The Hall–Kier alpha value is -3.14. The molecule has 3 aromatic rings. The number of carbonyl (C=O) groups is 1. The number of carbonyl (C=O) groups excluding carboxylic acids is 1. The van der Waals surface area contributed by atoms with Gasteiger partial charge in [0.25, 0.3) is 5.91 Å². The van der Waals surface area contributed by atoms with E-state index < -0.39 is 0 Å². The van der Waals surface area contributed by atoms with E-state index in [4.69, 9.17) is 0 Å². The van der Waals surface area contributed by atoms with Gasteiger partial charge in [-0.15, -0.1) is 0 Å². The fourth-order valence-corrected chi connectivity index (χ4v) is 2.51. The molecule has 0 bridgehead atoms. The molecule has 0 spiro atoms. The van der Waals surface area contributed by atoms with Gasteiger partial charge in [-0.05, 0) is 43.7 Å². The van der Waals surface area contributed by atoms with E-state index in [1.807, 2.05) is 61.5 Å². The third-order valence-electron chi connectivity index (χ3n) is 4.00. The van der Waals surface area contributed by atoms with Gasteiger partial charge in [0.05, 0.1) is 11.9 Å². The average molecular weight is 331 g/mol. The maximum Gasteiger partial charge on any atom is 0.255 e. The lowest BCUT2D eigenvalue weighted by Gasteiger charge is -2.15. The van der Waals surface area contributed by atoms with Gasteiger partial charge in [0.15, 0.2) is 0 Å². The largest absolute Gasteiger partial charge is 0.364 e. The van der Waals surface area contributed by atoms with E-state index in [1.165, 1.54) is 5.56 Å². The summed E-state index contributed by atoms with van der Waals surface area (Å²) in [6.07, 6.45) is 1.66. The molecule has 25 heavy (non-hydrogen) atoms. The maximum atomic E-state index is 12.2. The summed E-state index contributed by atoms with van der Waals surface area (Å²) in [5.74, 6) is 0.629. The number of hydrogen-bond donors (Lipinski definition) is 2. The Labute approximate surface area is 147 Å². The zero-order valence-corrected chi connectivity index (χ0v) is 14.4. The first kappa shape index (κ1) is 16.7. The summed E-state index contributed by atoms with van der Waals surface area (Å²) < 4.78 is 0. The van der Waals surface area contributed by atoms with Crippen molar-refractivity contribution < 1.29 is 4.79 Å². The summed E-state index contributed by atoms with van der Waals surface area (Å²) in [4.78, 5) is 16.6. The summed E-state index contributed by atoms with van der Waals surface area (Å²) in [5, 5.41) is 6.21. The van der Waals surface area contributed by atoms with Gasteiger partial charge < -0.3 is 10.6 Å². The summed E-state index contributed by atoms with van der Waals surface area (Å²) in [5.41, 5.74) is 3.62. The van der Waals surface area contributed by atoms with Crippen LogP contribution in [0.15, 0.2) is 72.9 Å². The predicted molar refractivity (Wildman–Crippen MR) is 102 cm³/mol. The van der Waals surface area contributed by atoms with Crippen LogP contribution >= 0.6 is 0 Å². The highest BCUT2D eigenvalue weighted by Gasteiger charge is 2.08. The SMILES string of the molecule is Cc1ccc(C(=O)Nc2ccc(NC(C)c3ccccc3)nc2)cc1. The Bertz CT molecular complexity index is 827. The highest BCUT2D eigenvalue weighted by atomic mass is 16.1. The number of aromatic nitrogens is 1. The van der Waals surface area contributed by atoms with Crippen molar-refractivity contribution in [2.24, 2.45) is 0 Å². The summed E-state index contributed by atoms with van der Waals surface area (Å²) in [6, 6.07) is 21.5. The number of nitrogens with zero attached hydrogens (tertiary/aromatic N) is 1. The van der Waals surface area contributed by atoms with Crippen LogP contribution < -0.4 is 10.6 Å². The second kappa shape index (κ2) is 7.62. The number of hydrogen-bond acceptors (Lipinski definition) is 3. The minimum Gasteiger partial charge on any atom is -0.364 e. The Balaban J connectivity index is 1.62. The standard InChI is InChI=1S/C21H21N3O/c1-15-8-10-18(11-9-15)21(25)24-19-12-13-20(22-14-19)23-16(2)17-6-4-3-5-7-17/h3-14,16H,1-2H3,(H,22,23)(H,24,25). The molecule has 0 saturated carbocycles. The second-order valence-corrected chi connectivity index (χ2v) is 6.03. The van der Waals surface area contributed by atoms with Gasteiger partial charge in [-0.2, -0.15) is 0 Å². The molecule has 1 atom stereocenters. The van der Waals surface area contributed by atoms with E-state index in [1.54, 1.807) is 6.20 Å². The van der Waals surface area contributed by atoms with E-state index in [0.717, 1.165) is 11.4 Å². The average Bonchev–Trinajstić information content (AvgIpc) is 2.64. The molecule has 0 aliphatic heterocycles. The molecule has 126 valence electrons. The maximum absolute atomic E-state index is 12.2. The van der Waals surface area contributed by atoms with Crippen LogP contribution in [0.25, 0.3) is 0 Å². The molecule has 3 rings (SSSR count). The third kappa shape index (κ3) is 4.44. The summed E-state index contributed by atoms with van der Waals surface area (Å²) in [6.45, 7) is 4.08. The molecule has 2 aromatic carbocycles. The molecule has 1 heterocycles. The van der Waals surface area contributed by atoms with Crippen LogP contribution in [0.3, 0.4) is 0 Å².